The third-order valence-corrected chi connectivity index (χ3v) is 2.73. The Kier molecular flexibility index (Phi) is 2.20. The normalized spacial score (nSPS) is 10.2. The first-order valence-electron chi connectivity index (χ1n) is 3.72. The Morgan fingerprint density at radius 1 is 1.38 bits per heavy atom. The highest BCUT2D eigenvalue weighted by molar-refractivity contribution is 7.13. The van der Waals surface area contributed by atoms with Crippen molar-refractivity contribution >= 4 is 28.8 Å². The molecule has 2 aromatic rings. The van der Waals surface area contributed by atoms with Gasteiger partial charge in [0.15, 0.2) is 0 Å². The molecule has 0 spiro atoms. The molecular formula is C9H7ClN2S. The maximum Gasteiger partial charge on any atom is 0.132 e. The quantitative estimate of drug-likeness (QED) is 0.735. The molecule has 0 aliphatic rings. The predicted octanol–water partition coefficient (Wildman–Crippen LogP) is 3.05. The minimum Gasteiger partial charge on any atom is -0.384 e. The van der Waals surface area contributed by atoms with Crippen molar-refractivity contribution in [1.82, 2.24) is 4.98 Å². The summed E-state index contributed by atoms with van der Waals surface area (Å²) in [7, 11) is 0. The van der Waals surface area contributed by atoms with Crippen molar-refractivity contribution in [2.45, 2.75) is 0 Å². The molecule has 13 heavy (non-hydrogen) atoms. The van der Waals surface area contributed by atoms with Crippen LogP contribution in [-0.4, -0.2) is 4.98 Å². The molecule has 4 heteroatoms. The van der Waals surface area contributed by atoms with Gasteiger partial charge in [-0.3, -0.25) is 0 Å². The molecule has 0 aromatic carbocycles. The van der Waals surface area contributed by atoms with Crippen LogP contribution in [-0.2, 0) is 0 Å². The van der Waals surface area contributed by atoms with Crippen LogP contribution in [0.4, 0.5) is 5.82 Å². The maximum atomic E-state index is 5.78. The third-order valence-electron chi connectivity index (χ3n) is 1.62. The van der Waals surface area contributed by atoms with E-state index in [2.05, 4.69) is 4.98 Å². The van der Waals surface area contributed by atoms with Gasteiger partial charge in [-0.05, 0) is 29.1 Å². The molecule has 0 aliphatic carbocycles. The molecule has 2 heterocycles. The third kappa shape index (κ3) is 1.82. The van der Waals surface area contributed by atoms with E-state index < -0.39 is 0 Å². The van der Waals surface area contributed by atoms with E-state index in [-0.39, 0.29) is 0 Å². The largest absolute Gasteiger partial charge is 0.384 e. The second-order valence-electron chi connectivity index (χ2n) is 2.58. The van der Waals surface area contributed by atoms with Gasteiger partial charge in [0.2, 0.25) is 0 Å². The highest BCUT2D eigenvalue weighted by atomic mass is 35.5. The number of halogens is 1. The average Bonchev–Trinajstić information content (AvgIpc) is 2.53. The molecular weight excluding hydrogens is 204 g/mol. The van der Waals surface area contributed by atoms with E-state index in [0.29, 0.717) is 11.0 Å². The molecule has 0 unspecified atom stereocenters. The van der Waals surface area contributed by atoms with Crippen molar-refractivity contribution in [3.63, 3.8) is 0 Å². The van der Waals surface area contributed by atoms with Gasteiger partial charge in [0.25, 0.3) is 0 Å². The zero-order chi connectivity index (χ0) is 9.26. The van der Waals surface area contributed by atoms with E-state index in [1.807, 2.05) is 29.6 Å². The van der Waals surface area contributed by atoms with Crippen LogP contribution in [0.2, 0.25) is 5.15 Å². The summed E-state index contributed by atoms with van der Waals surface area (Å²) in [4.78, 5) is 5.04. The first kappa shape index (κ1) is 8.53. The first-order valence-corrected chi connectivity index (χ1v) is 4.98. The molecule has 2 N–H and O–H groups in total. The van der Waals surface area contributed by atoms with Crippen molar-refractivity contribution in [3.05, 3.63) is 34.8 Å². The van der Waals surface area contributed by atoms with Crippen LogP contribution in [0.5, 0.6) is 0 Å². The molecule has 0 amide bonds. The van der Waals surface area contributed by atoms with Crippen molar-refractivity contribution < 1.29 is 0 Å². The monoisotopic (exact) mass is 210 g/mol. The average molecular weight is 211 g/mol. The van der Waals surface area contributed by atoms with Gasteiger partial charge in [-0.25, -0.2) is 4.98 Å². The number of hydrogen-bond acceptors (Lipinski definition) is 3. The van der Waals surface area contributed by atoms with Gasteiger partial charge in [-0.15, -0.1) is 11.3 Å². The Bertz CT molecular complexity index is 391. The van der Waals surface area contributed by atoms with E-state index in [9.17, 15) is 0 Å². The second kappa shape index (κ2) is 3.36. The van der Waals surface area contributed by atoms with E-state index in [1.165, 1.54) is 0 Å². The minimum absolute atomic E-state index is 0.434. The topological polar surface area (TPSA) is 38.9 Å². The highest BCUT2D eigenvalue weighted by Crippen LogP contribution is 2.27. The van der Waals surface area contributed by atoms with Crippen LogP contribution in [0.1, 0.15) is 0 Å². The van der Waals surface area contributed by atoms with Crippen LogP contribution in [0.15, 0.2) is 29.6 Å². The van der Waals surface area contributed by atoms with Gasteiger partial charge >= 0.3 is 0 Å². The maximum absolute atomic E-state index is 5.78. The SMILES string of the molecule is Nc1cc(-c2cccs2)cc(Cl)n1. The van der Waals surface area contributed by atoms with Gasteiger partial charge in [0.1, 0.15) is 11.0 Å². The second-order valence-corrected chi connectivity index (χ2v) is 3.92. The lowest BCUT2D eigenvalue weighted by Gasteiger charge is -1.99. The lowest BCUT2D eigenvalue weighted by molar-refractivity contribution is 1.34. The molecule has 0 aliphatic heterocycles. The summed E-state index contributed by atoms with van der Waals surface area (Å²) < 4.78 is 0. The molecule has 0 saturated carbocycles. The molecule has 66 valence electrons. The number of anilines is 1. The predicted molar refractivity (Wildman–Crippen MR) is 57.0 cm³/mol. The number of pyridine rings is 1. The number of rotatable bonds is 1. The summed E-state index contributed by atoms with van der Waals surface area (Å²) >= 11 is 7.43. The Morgan fingerprint density at radius 2 is 2.23 bits per heavy atom. The van der Waals surface area contributed by atoms with Crippen LogP contribution in [0.3, 0.4) is 0 Å². The smallest absolute Gasteiger partial charge is 0.132 e. The van der Waals surface area contributed by atoms with E-state index >= 15 is 0 Å². The molecule has 0 fully saturated rings. The fraction of sp³-hybridized carbons (Fsp3) is 0. The zero-order valence-corrected chi connectivity index (χ0v) is 8.27. The van der Waals surface area contributed by atoms with Gasteiger partial charge in [-0.1, -0.05) is 17.7 Å². The Morgan fingerprint density at radius 3 is 2.85 bits per heavy atom. The number of nitrogen functional groups attached to an aromatic ring is 1. The summed E-state index contributed by atoms with van der Waals surface area (Å²) in [5.41, 5.74) is 6.60. The van der Waals surface area contributed by atoms with E-state index in [0.717, 1.165) is 10.4 Å². The molecule has 0 radical (unpaired) electrons. The number of aromatic nitrogens is 1. The first-order chi connectivity index (χ1) is 6.25. The van der Waals surface area contributed by atoms with Crippen molar-refractivity contribution in [2.24, 2.45) is 0 Å². The van der Waals surface area contributed by atoms with Gasteiger partial charge < -0.3 is 5.73 Å². The zero-order valence-electron chi connectivity index (χ0n) is 6.70. The van der Waals surface area contributed by atoms with Gasteiger partial charge in [0, 0.05) is 4.88 Å². The van der Waals surface area contributed by atoms with Gasteiger partial charge in [-0.2, -0.15) is 0 Å². The summed E-state index contributed by atoms with van der Waals surface area (Å²) in [5.74, 6) is 0.455. The summed E-state index contributed by atoms with van der Waals surface area (Å²) in [6.45, 7) is 0. The fourth-order valence-electron chi connectivity index (χ4n) is 1.10. The highest BCUT2D eigenvalue weighted by Gasteiger charge is 2.01. The lowest BCUT2D eigenvalue weighted by Crippen LogP contribution is -1.90. The molecule has 0 atom stereocenters. The lowest BCUT2D eigenvalue weighted by atomic mass is 10.2. The number of hydrogen-bond donors (Lipinski definition) is 1. The van der Waals surface area contributed by atoms with Crippen molar-refractivity contribution in [2.75, 3.05) is 5.73 Å². The number of thiophene rings is 1. The Labute approximate surface area is 85.0 Å². The molecule has 2 rings (SSSR count). The van der Waals surface area contributed by atoms with Gasteiger partial charge in [0.05, 0.1) is 0 Å². The van der Waals surface area contributed by atoms with Crippen LogP contribution in [0, 0.1) is 0 Å². The van der Waals surface area contributed by atoms with Crippen molar-refractivity contribution in [1.29, 1.82) is 0 Å². The number of nitrogens with two attached hydrogens (primary N) is 1. The molecule has 0 bridgehead atoms. The molecule has 2 aromatic heterocycles. The number of nitrogens with zero attached hydrogens (tertiary/aromatic N) is 1. The van der Waals surface area contributed by atoms with Crippen LogP contribution in [0.25, 0.3) is 10.4 Å². The summed E-state index contributed by atoms with van der Waals surface area (Å²) in [6, 6.07) is 7.64. The summed E-state index contributed by atoms with van der Waals surface area (Å²) in [5, 5.41) is 2.45. The summed E-state index contributed by atoms with van der Waals surface area (Å²) in [6.07, 6.45) is 0. The van der Waals surface area contributed by atoms with E-state index in [1.54, 1.807) is 11.3 Å². The van der Waals surface area contributed by atoms with E-state index in [4.69, 9.17) is 17.3 Å². The molecule has 0 saturated heterocycles. The van der Waals surface area contributed by atoms with Crippen molar-refractivity contribution in [3.8, 4) is 10.4 Å². The molecule has 2 nitrogen and oxygen atoms in total. The fourth-order valence-corrected chi connectivity index (χ4v) is 2.03. The standard InChI is InChI=1S/C9H7ClN2S/c10-8-4-6(5-9(11)12-8)7-2-1-3-13-7/h1-5H,(H2,11,12). The van der Waals surface area contributed by atoms with Crippen LogP contribution >= 0.6 is 22.9 Å². The minimum atomic E-state index is 0.434. The Balaban J connectivity index is 2.53. The van der Waals surface area contributed by atoms with Crippen LogP contribution < -0.4 is 5.73 Å². The Hall–Kier alpha value is -1.06.